The van der Waals surface area contributed by atoms with Gasteiger partial charge >= 0.3 is 0 Å². The van der Waals surface area contributed by atoms with Gasteiger partial charge in [-0.1, -0.05) is 0 Å². The van der Waals surface area contributed by atoms with E-state index in [4.69, 9.17) is 0 Å². The normalized spacial score (nSPS) is 10.5. The molecular weight excluding hydrogens is 359 g/mol. The Kier molecular flexibility index (Phi) is 3.72. The maximum atomic E-state index is 12.4. The largest absolute Gasteiger partial charge is 0.298 e. The van der Waals surface area contributed by atoms with Gasteiger partial charge in [-0.15, -0.1) is 0 Å². The lowest BCUT2D eigenvalue weighted by Gasteiger charge is -2.06. The summed E-state index contributed by atoms with van der Waals surface area (Å²) in [7, 11) is 0. The Balaban J connectivity index is 3.41. The highest BCUT2D eigenvalue weighted by Crippen LogP contribution is 2.31. The average Bonchev–Trinajstić information content (AvgIpc) is 2.08. The number of aldehydes is 1. The molecule has 0 N–H and O–H groups in total. The number of carbonyl (C=O) groups excluding carboxylic acids is 1. The molecule has 0 aromatic carbocycles. The van der Waals surface area contributed by atoms with Crippen LogP contribution < -0.4 is 0 Å². The molecule has 0 aliphatic carbocycles. The topological polar surface area (TPSA) is 30.0 Å². The first-order valence-electron chi connectivity index (χ1n) is 3.15. The smallest absolute Gasteiger partial charge is 0.265 e. The third kappa shape index (κ3) is 2.22. The minimum atomic E-state index is -2.67. The van der Waals surface area contributed by atoms with E-state index in [1.807, 2.05) is 22.6 Å². The summed E-state index contributed by atoms with van der Waals surface area (Å²) in [6, 6.07) is 0. The molecule has 1 aromatic rings. The third-order valence-electron chi connectivity index (χ3n) is 1.39. The Hall–Kier alpha value is -0.110. The van der Waals surface area contributed by atoms with Crippen LogP contribution in [0.5, 0.6) is 0 Å². The molecule has 13 heavy (non-hydrogen) atoms. The van der Waals surface area contributed by atoms with Gasteiger partial charge in [0.2, 0.25) is 0 Å². The van der Waals surface area contributed by atoms with Crippen LogP contribution in [0.1, 0.15) is 22.3 Å². The number of rotatable bonds is 2. The summed E-state index contributed by atoms with van der Waals surface area (Å²) in [6.45, 7) is 0. The summed E-state index contributed by atoms with van der Waals surface area (Å²) in [5, 5.41) is 0. The fraction of sp³-hybridized carbons (Fsp3) is 0.143. The maximum Gasteiger partial charge on any atom is 0.265 e. The van der Waals surface area contributed by atoms with Crippen LogP contribution in [0.4, 0.5) is 8.78 Å². The molecule has 0 unspecified atom stereocenters. The van der Waals surface area contributed by atoms with Gasteiger partial charge in [0.25, 0.3) is 6.43 Å². The van der Waals surface area contributed by atoms with Crippen molar-refractivity contribution in [2.24, 2.45) is 0 Å². The monoisotopic (exact) mass is 361 g/mol. The summed E-state index contributed by atoms with van der Waals surface area (Å²) in [4.78, 5) is 14.2. The lowest BCUT2D eigenvalue weighted by molar-refractivity contribution is 0.110. The number of halogens is 4. The number of pyridine rings is 1. The molecule has 0 atom stereocenters. The Labute approximate surface area is 95.0 Å². The predicted molar refractivity (Wildman–Crippen MR) is 55.0 cm³/mol. The van der Waals surface area contributed by atoms with E-state index in [1.165, 1.54) is 0 Å². The Morgan fingerprint density at radius 1 is 1.62 bits per heavy atom. The van der Waals surface area contributed by atoms with Crippen LogP contribution in [0, 0.1) is 3.70 Å². The lowest BCUT2D eigenvalue weighted by atomic mass is 10.2. The second-order valence-electron chi connectivity index (χ2n) is 2.15. The zero-order chi connectivity index (χ0) is 10.0. The third-order valence-corrected chi connectivity index (χ3v) is 3.75. The van der Waals surface area contributed by atoms with Crippen LogP contribution in [0.25, 0.3) is 0 Å². The van der Waals surface area contributed by atoms with Gasteiger partial charge in [0.1, 0.15) is 3.70 Å². The molecule has 0 fully saturated rings. The zero-order valence-electron chi connectivity index (χ0n) is 6.10. The summed E-state index contributed by atoms with van der Waals surface area (Å²) in [6.07, 6.45) is -1.16. The van der Waals surface area contributed by atoms with E-state index in [-0.39, 0.29) is 15.6 Å². The van der Waals surface area contributed by atoms with Crippen LogP contribution in [0.15, 0.2) is 10.7 Å². The van der Waals surface area contributed by atoms with Crippen molar-refractivity contribution in [1.29, 1.82) is 0 Å². The Bertz CT molecular complexity index is 346. The second kappa shape index (κ2) is 4.41. The first-order chi connectivity index (χ1) is 6.07. The highest BCUT2D eigenvalue weighted by Gasteiger charge is 2.19. The molecular formula is C7H3BrF2INO. The lowest BCUT2D eigenvalue weighted by Crippen LogP contribution is -1.99. The van der Waals surface area contributed by atoms with Crippen LogP contribution in [0.2, 0.25) is 0 Å². The van der Waals surface area contributed by atoms with Gasteiger partial charge in [0.15, 0.2) is 6.29 Å². The molecule has 1 aromatic heterocycles. The molecule has 0 saturated heterocycles. The van der Waals surface area contributed by atoms with Crippen molar-refractivity contribution < 1.29 is 13.6 Å². The number of aromatic nitrogens is 1. The molecule has 0 aliphatic rings. The van der Waals surface area contributed by atoms with Crippen LogP contribution in [-0.2, 0) is 0 Å². The SMILES string of the molecule is O=Cc1cnc(I)c(Br)c1C(F)F. The molecule has 0 spiro atoms. The van der Waals surface area contributed by atoms with Gasteiger partial charge in [0, 0.05) is 17.3 Å². The minimum absolute atomic E-state index is 0.0812. The molecule has 0 bridgehead atoms. The van der Waals surface area contributed by atoms with E-state index in [1.54, 1.807) is 0 Å². The second-order valence-corrected chi connectivity index (χ2v) is 3.97. The fourth-order valence-electron chi connectivity index (χ4n) is 0.806. The van der Waals surface area contributed by atoms with E-state index >= 15 is 0 Å². The van der Waals surface area contributed by atoms with Crippen molar-refractivity contribution >= 4 is 44.8 Å². The molecule has 1 heterocycles. The van der Waals surface area contributed by atoms with Crippen LogP contribution in [-0.4, -0.2) is 11.3 Å². The summed E-state index contributed by atoms with van der Waals surface area (Å²) >= 11 is 4.77. The number of hydrogen-bond donors (Lipinski definition) is 0. The molecule has 70 valence electrons. The number of alkyl halides is 2. The number of nitrogens with zero attached hydrogens (tertiary/aromatic N) is 1. The highest BCUT2D eigenvalue weighted by molar-refractivity contribution is 14.1. The fourth-order valence-corrected chi connectivity index (χ4v) is 1.74. The predicted octanol–water partition coefficient (Wildman–Crippen LogP) is 3.20. The van der Waals surface area contributed by atoms with Gasteiger partial charge in [-0.25, -0.2) is 13.8 Å². The first kappa shape index (κ1) is 11.0. The quantitative estimate of drug-likeness (QED) is 0.460. The molecule has 0 saturated carbocycles. The Morgan fingerprint density at radius 3 is 2.69 bits per heavy atom. The van der Waals surface area contributed by atoms with Crippen LogP contribution in [0.3, 0.4) is 0 Å². The molecule has 2 nitrogen and oxygen atoms in total. The zero-order valence-corrected chi connectivity index (χ0v) is 9.84. The highest BCUT2D eigenvalue weighted by atomic mass is 127. The van der Waals surface area contributed by atoms with Crippen molar-refractivity contribution in [2.45, 2.75) is 6.43 Å². The molecule has 1 rings (SSSR count). The van der Waals surface area contributed by atoms with Gasteiger partial charge < -0.3 is 0 Å². The van der Waals surface area contributed by atoms with Crippen molar-refractivity contribution in [3.63, 3.8) is 0 Å². The van der Waals surface area contributed by atoms with Crippen molar-refractivity contribution in [2.75, 3.05) is 0 Å². The van der Waals surface area contributed by atoms with Crippen molar-refractivity contribution in [3.05, 3.63) is 25.5 Å². The van der Waals surface area contributed by atoms with Crippen molar-refractivity contribution in [3.8, 4) is 0 Å². The molecule has 0 radical (unpaired) electrons. The number of carbonyl (C=O) groups is 1. The van der Waals surface area contributed by atoms with E-state index in [2.05, 4.69) is 20.9 Å². The average molecular weight is 362 g/mol. The summed E-state index contributed by atoms with van der Waals surface area (Å²) in [5.74, 6) is 0. The number of hydrogen-bond acceptors (Lipinski definition) is 2. The van der Waals surface area contributed by atoms with Gasteiger partial charge in [-0.3, -0.25) is 4.79 Å². The minimum Gasteiger partial charge on any atom is -0.298 e. The van der Waals surface area contributed by atoms with Gasteiger partial charge in [0.05, 0.1) is 4.47 Å². The standard InChI is InChI=1S/C7H3BrF2INO/c8-5-4(6(9)10)3(2-13)1-12-7(5)11/h1-2,6H. The van der Waals surface area contributed by atoms with E-state index < -0.39 is 6.43 Å². The van der Waals surface area contributed by atoms with Crippen molar-refractivity contribution in [1.82, 2.24) is 4.98 Å². The van der Waals surface area contributed by atoms with E-state index in [9.17, 15) is 13.6 Å². The summed E-state index contributed by atoms with van der Waals surface area (Å²) < 4.78 is 25.5. The molecule has 0 aliphatic heterocycles. The van der Waals surface area contributed by atoms with Crippen LogP contribution >= 0.6 is 38.5 Å². The van der Waals surface area contributed by atoms with E-state index in [0.717, 1.165) is 6.20 Å². The first-order valence-corrected chi connectivity index (χ1v) is 5.02. The van der Waals surface area contributed by atoms with Gasteiger partial charge in [-0.2, -0.15) is 0 Å². The molecule has 0 amide bonds. The molecule has 6 heteroatoms. The summed E-state index contributed by atoms with van der Waals surface area (Å²) in [5.41, 5.74) is -0.378. The van der Waals surface area contributed by atoms with Gasteiger partial charge in [-0.05, 0) is 38.5 Å². The van der Waals surface area contributed by atoms with E-state index in [0.29, 0.717) is 9.99 Å². The maximum absolute atomic E-state index is 12.4. The Morgan fingerprint density at radius 2 is 2.23 bits per heavy atom.